The number of piperidine rings is 1. The number of aromatic nitrogens is 2. The number of carbonyl (C=O) groups excluding carboxylic acids is 1. The Balaban J connectivity index is 1.43. The molecule has 2 aromatic carbocycles. The van der Waals surface area contributed by atoms with Crippen LogP contribution >= 0.6 is 23.2 Å². The van der Waals surface area contributed by atoms with Crippen LogP contribution in [0.15, 0.2) is 42.5 Å². The zero-order chi connectivity index (χ0) is 21.1. The van der Waals surface area contributed by atoms with Gasteiger partial charge in [-0.1, -0.05) is 35.3 Å². The minimum absolute atomic E-state index is 0.111. The topological polar surface area (TPSA) is 59.4 Å². The van der Waals surface area contributed by atoms with Crippen LogP contribution < -0.4 is 10.2 Å². The van der Waals surface area contributed by atoms with Crippen LogP contribution in [-0.4, -0.2) is 48.3 Å². The van der Waals surface area contributed by atoms with Crippen molar-refractivity contribution in [3.05, 3.63) is 58.1 Å². The van der Waals surface area contributed by atoms with E-state index in [4.69, 9.17) is 32.9 Å². The van der Waals surface area contributed by atoms with Gasteiger partial charge >= 0.3 is 0 Å². The minimum Gasteiger partial charge on any atom is -0.383 e. The molecule has 1 aromatic heterocycles. The molecule has 6 nitrogen and oxygen atoms in total. The van der Waals surface area contributed by atoms with Crippen molar-refractivity contribution in [2.24, 2.45) is 0 Å². The van der Waals surface area contributed by atoms with Crippen LogP contribution in [0, 0.1) is 0 Å². The zero-order valence-corrected chi connectivity index (χ0v) is 18.3. The van der Waals surface area contributed by atoms with Crippen LogP contribution in [-0.2, 0) is 11.3 Å². The van der Waals surface area contributed by atoms with E-state index in [9.17, 15) is 4.79 Å². The number of halogens is 2. The number of anilines is 1. The molecule has 0 spiro atoms. The Labute approximate surface area is 185 Å². The summed E-state index contributed by atoms with van der Waals surface area (Å²) in [6.45, 7) is 3.02. The summed E-state index contributed by atoms with van der Waals surface area (Å²) >= 11 is 12.0. The number of fused-ring (bicyclic) bond motifs is 1. The number of methoxy groups -OCH3 is 1. The summed E-state index contributed by atoms with van der Waals surface area (Å²) in [4.78, 5) is 19.7. The molecule has 1 saturated heterocycles. The van der Waals surface area contributed by atoms with Crippen molar-refractivity contribution in [2.75, 3.05) is 31.7 Å². The van der Waals surface area contributed by atoms with Gasteiger partial charge in [-0.25, -0.2) is 4.98 Å². The zero-order valence-electron chi connectivity index (χ0n) is 16.8. The number of imidazole rings is 1. The summed E-state index contributed by atoms with van der Waals surface area (Å²) in [6.07, 6.45) is 1.70. The Bertz CT molecular complexity index is 1040. The fourth-order valence-electron chi connectivity index (χ4n) is 3.84. The smallest absolute Gasteiger partial charge is 0.251 e. The second kappa shape index (κ2) is 9.25. The lowest BCUT2D eigenvalue weighted by Gasteiger charge is -2.33. The molecule has 1 aliphatic rings. The molecule has 1 N–H and O–H groups in total. The highest BCUT2D eigenvalue weighted by atomic mass is 35.5. The SMILES string of the molecule is COCCn1c(N2CCC(NC(=O)c3ccc(Cl)c(Cl)c3)CC2)nc2ccccc21. The lowest BCUT2D eigenvalue weighted by Crippen LogP contribution is -2.45. The molecular formula is C22H24Cl2N4O2. The molecule has 1 amide bonds. The highest BCUT2D eigenvalue weighted by Gasteiger charge is 2.25. The second-order valence-electron chi connectivity index (χ2n) is 7.41. The number of nitrogens with one attached hydrogen (secondary N) is 1. The van der Waals surface area contributed by atoms with Crippen molar-refractivity contribution in [3.8, 4) is 0 Å². The summed E-state index contributed by atoms with van der Waals surface area (Å²) in [5.74, 6) is 0.835. The van der Waals surface area contributed by atoms with Crippen molar-refractivity contribution in [2.45, 2.75) is 25.4 Å². The number of para-hydroxylation sites is 2. The Morgan fingerprint density at radius 3 is 2.67 bits per heavy atom. The van der Waals surface area contributed by atoms with Gasteiger partial charge in [-0.2, -0.15) is 0 Å². The van der Waals surface area contributed by atoms with Gasteiger partial charge in [-0.05, 0) is 43.2 Å². The van der Waals surface area contributed by atoms with Gasteiger partial charge < -0.3 is 19.5 Å². The van der Waals surface area contributed by atoms with Crippen LogP contribution in [0.4, 0.5) is 5.95 Å². The summed E-state index contributed by atoms with van der Waals surface area (Å²) in [5, 5.41) is 3.94. The largest absolute Gasteiger partial charge is 0.383 e. The van der Waals surface area contributed by atoms with E-state index in [2.05, 4.69) is 20.9 Å². The normalized spacial score (nSPS) is 15.0. The Kier molecular flexibility index (Phi) is 6.46. The van der Waals surface area contributed by atoms with Crippen LogP contribution in [0.1, 0.15) is 23.2 Å². The summed E-state index contributed by atoms with van der Waals surface area (Å²) < 4.78 is 7.51. The third kappa shape index (κ3) is 4.41. The Morgan fingerprint density at radius 2 is 1.93 bits per heavy atom. The van der Waals surface area contributed by atoms with Crippen LogP contribution in [0.5, 0.6) is 0 Å². The number of nitrogens with zero attached hydrogens (tertiary/aromatic N) is 3. The van der Waals surface area contributed by atoms with Gasteiger partial charge in [0.25, 0.3) is 5.91 Å². The second-order valence-corrected chi connectivity index (χ2v) is 8.22. The van der Waals surface area contributed by atoms with Crippen molar-refractivity contribution < 1.29 is 9.53 Å². The molecule has 3 aromatic rings. The number of hydrogen-bond acceptors (Lipinski definition) is 4. The first-order chi connectivity index (χ1) is 14.6. The van der Waals surface area contributed by atoms with E-state index in [0.717, 1.165) is 49.5 Å². The highest BCUT2D eigenvalue weighted by Crippen LogP contribution is 2.26. The van der Waals surface area contributed by atoms with Crippen molar-refractivity contribution in [3.63, 3.8) is 0 Å². The van der Waals surface area contributed by atoms with Crippen molar-refractivity contribution in [1.29, 1.82) is 0 Å². The maximum atomic E-state index is 12.6. The van der Waals surface area contributed by atoms with Gasteiger partial charge in [-0.15, -0.1) is 0 Å². The van der Waals surface area contributed by atoms with E-state index in [1.165, 1.54) is 0 Å². The van der Waals surface area contributed by atoms with E-state index >= 15 is 0 Å². The van der Waals surface area contributed by atoms with Gasteiger partial charge in [0.15, 0.2) is 0 Å². The summed E-state index contributed by atoms with van der Waals surface area (Å²) in [5.41, 5.74) is 2.62. The lowest BCUT2D eigenvalue weighted by molar-refractivity contribution is 0.0931. The van der Waals surface area contributed by atoms with E-state index in [-0.39, 0.29) is 11.9 Å². The average Bonchev–Trinajstić information content (AvgIpc) is 3.13. The van der Waals surface area contributed by atoms with E-state index in [1.54, 1.807) is 25.3 Å². The van der Waals surface area contributed by atoms with E-state index < -0.39 is 0 Å². The molecule has 0 atom stereocenters. The maximum Gasteiger partial charge on any atom is 0.251 e. The lowest BCUT2D eigenvalue weighted by atomic mass is 10.0. The van der Waals surface area contributed by atoms with Crippen LogP contribution in [0.2, 0.25) is 10.0 Å². The summed E-state index contributed by atoms with van der Waals surface area (Å²) in [6, 6.07) is 13.2. The quantitative estimate of drug-likeness (QED) is 0.609. The molecule has 1 aliphatic heterocycles. The molecule has 8 heteroatoms. The molecule has 158 valence electrons. The fourth-order valence-corrected chi connectivity index (χ4v) is 4.14. The van der Waals surface area contributed by atoms with Gasteiger partial charge in [0.05, 0.1) is 27.7 Å². The average molecular weight is 447 g/mol. The van der Waals surface area contributed by atoms with Gasteiger partial charge in [0, 0.05) is 38.3 Å². The number of amides is 1. The molecule has 0 aliphatic carbocycles. The van der Waals surface area contributed by atoms with Crippen molar-refractivity contribution in [1.82, 2.24) is 14.9 Å². The molecule has 0 saturated carbocycles. The van der Waals surface area contributed by atoms with Gasteiger partial charge in [0.2, 0.25) is 5.95 Å². The fraction of sp³-hybridized carbons (Fsp3) is 0.364. The van der Waals surface area contributed by atoms with Crippen LogP contribution in [0.3, 0.4) is 0 Å². The molecule has 0 radical (unpaired) electrons. The maximum absolute atomic E-state index is 12.6. The van der Waals surface area contributed by atoms with Crippen molar-refractivity contribution >= 4 is 46.1 Å². The van der Waals surface area contributed by atoms with Gasteiger partial charge in [-0.3, -0.25) is 4.79 Å². The highest BCUT2D eigenvalue weighted by molar-refractivity contribution is 6.42. The molecule has 2 heterocycles. The van der Waals surface area contributed by atoms with E-state index in [0.29, 0.717) is 22.2 Å². The van der Waals surface area contributed by atoms with Gasteiger partial charge in [0.1, 0.15) is 0 Å². The molecule has 30 heavy (non-hydrogen) atoms. The van der Waals surface area contributed by atoms with E-state index in [1.807, 2.05) is 18.2 Å². The first kappa shape index (κ1) is 21.0. The summed E-state index contributed by atoms with van der Waals surface area (Å²) in [7, 11) is 1.71. The predicted octanol–water partition coefficient (Wildman–Crippen LogP) is 4.39. The first-order valence-corrected chi connectivity index (χ1v) is 10.8. The first-order valence-electron chi connectivity index (χ1n) is 10.0. The number of hydrogen-bond donors (Lipinski definition) is 1. The number of carbonyl (C=O) groups is 1. The monoisotopic (exact) mass is 446 g/mol. The van der Waals surface area contributed by atoms with Crippen LogP contribution in [0.25, 0.3) is 11.0 Å². The Morgan fingerprint density at radius 1 is 1.17 bits per heavy atom. The number of ether oxygens (including phenoxy) is 1. The minimum atomic E-state index is -0.126. The molecular weight excluding hydrogens is 423 g/mol. The third-order valence-electron chi connectivity index (χ3n) is 5.45. The molecule has 0 bridgehead atoms. The number of benzene rings is 2. The molecule has 4 rings (SSSR count). The standard InChI is InChI=1S/C22H24Cl2N4O2/c1-30-13-12-28-20-5-3-2-4-19(20)26-22(28)27-10-8-16(9-11-27)25-21(29)15-6-7-17(23)18(24)14-15/h2-7,14,16H,8-13H2,1H3,(H,25,29). The Hall–Kier alpha value is -2.28. The molecule has 0 unspecified atom stereocenters. The predicted molar refractivity (Wildman–Crippen MR) is 121 cm³/mol. The molecule has 1 fully saturated rings. The third-order valence-corrected chi connectivity index (χ3v) is 6.19. The number of rotatable bonds is 6.